The van der Waals surface area contributed by atoms with E-state index in [-0.39, 0.29) is 13.2 Å². The molecule has 0 aromatic heterocycles. The Morgan fingerprint density at radius 2 is 1.76 bits per heavy atom. The minimum absolute atomic E-state index is 0.0489. The molecule has 0 radical (unpaired) electrons. The van der Waals surface area contributed by atoms with E-state index in [2.05, 4.69) is 8.61 Å². The fourth-order valence-electron chi connectivity index (χ4n) is 1.60. The summed E-state index contributed by atoms with van der Waals surface area (Å²) in [5.74, 6) is 0. The van der Waals surface area contributed by atoms with Crippen LogP contribution in [0.4, 0.5) is 13.2 Å². The van der Waals surface area contributed by atoms with Crippen molar-refractivity contribution >= 4 is 19.9 Å². The number of alkyl halides is 3. The van der Waals surface area contributed by atoms with E-state index in [1.165, 1.54) is 18.2 Å². The van der Waals surface area contributed by atoms with Crippen LogP contribution in [0.5, 0.6) is 0 Å². The van der Waals surface area contributed by atoms with Gasteiger partial charge in [0.25, 0.3) is 0 Å². The highest BCUT2D eigenvalue weighted by molar-refractivity contribution is 8.02. The van der Waals surface area contributed by atoms with E-state index >= 15 is 0 Å². The Morgan fingerprint density at radius 3 is 2.24 bits per heavy atom. The smallest absolute Gasteiger partial charge is 0.283 e. The van der Waals surface area contributed by atoms with Gasteiger partial charge in [0, 0.05) is 6.54 Å². The minimum atomic E-state index is -5.33. The number of hydrogen-bond donors (Lipinski definition) is 0. The number of hydroxylamine groups is 1. The second-order valence-electron chi connectivity index (χ2n) is 4.05. The van der Waals surface area contributed by atoms with Crippen LogP contribution in [-0.4, -0.2) is 35.8 Å². The fourth-order valence-corrected chi connectivity index (χ4v) is 5.00. The average Bonchev–Trinajstić information content (AvgIpc) is 2.92. The summed E-state index contributed by atoms with van der Waals surface area (Å²) in [6, 6.07) is 5.68. The third-order valence-corrected chi connectivity index (χ3v) is 6.49. The number of rotatable bonds is 3. The number of hydrogen-bond acceptors (Lipinski definition) is 4. The molecular formula is C10H11F3N2O4S2. The number of halogens is 3. The fraction of sp³-hybridized carbons (Fsp3) is 0.400. The largest absolute Gasteiger partial charge is 0.484 e. The van der Waals surface area contributed by atoms with Crippen molar-refractivity contribution < 1.29 is 30.6 Å². The molecule has 1 aliphatic heterocycles. The molecule has 0 spiro atoms. The van der Waals surface area contributed by atoms with Crippen molar-refractivity contribution in [3.63, 3.8) is 0 Å². The molecule has 0 N–H and O–H groups in total. The molecule has 1 fully saturated rings. The first-order chi connectivity index (χ1) is 9.67. The minimum Gasteiger partial charge on any atom is -0.283 e. The quantitative estimate of drug-likeness (QED) is 0.839. The van der Waals surface area contributed by atoms with Gasteiger partial charge in [-0.15, -0.1) is 0 Å². The molecule has 6 nitrogen and oxygen atoms in total. The molecule has 1 aliphatic rings. The maximum atomic E-state index is 13.1. The lowest BCUT2D eigenvalue weighted by Gasteiger charge is -2.16. The summed E-state index contributed by atoms with van der Waals surface area (Å²) < 4.78 is 78.2. The molecule has 1 aromatic rings. The molecule has 21 heavy (non-hydrogen) atoms. The van der Waals surface area contributed by atoms with Crippen molar-refractivity contribution in [3.8, 4) is 0 Å². The van der Waals surface area contributed by atoms with Crippen LogP contribution in [0.2, 0.25) is 0 Å². The Kier molecular flexibility index (Phi) is 4.29. The van der Waals surface area contributed by atoms with Gasteiger partial charge in [0.05, 0.1) is 11.5 Å². The van der Waals surface area contributed by atoms with Crippen LogP contribution in [0.3, 0.4) is 0 Å². The molecule has 2 rings (SSSR count). The summed E-state index contributed by atoms with van der Waals surface area (Å²) in [6.07, 6.45) is 0.327. The highest BCUT2D eigenvalue weighted by atomic mass is 32.3. The highest BCUT2D eigenvalue weighted by Gasteiger charge is 2.47. The van der Waals surface area contributed by atoms with Crippen LogP contribution >= 0.6 is 0 Å². The Labute approximate surface area is 119 Å². The zero-order chi connectivity index (χ0) is 15.7. The van der Waals surface area contributed by atoms with Crippen molar-refractivity contribution in [3.05, 3.63) is 30.3 Å². The molecule has 1 saturated heterocycles. The predicted molar refractivity (Wildman–Crippen MR) is 67.5 cm³/mol. The van der Waals surface area contributed by atoms with E-state index in [4.69, 9.17) is 0 Å². The topological polar surface area (TPSA) is 76.0 Å². The molecule has 1 heterocycles. The summed E-state index contributed by atoms with van der Waals surface area (Å²) in [7, 11) is -9.97. The normalized spacial score (nSPS) is 20.1. The van der Waals surface area contributed by atoms with Gasteiger partial charge in [-0.2, -0.15) is 21.6 Å². The van der Waals surface area contributed by atoms with Gasteiger partial charge < -0.3 is 0 Å². The van der Waals surface area contributed by atoms with Gasteiger partial charge in [-0.05, 0) is 18.6 Å². The maximum absolute atomic E-state index is 13.1. The van der Waals surface area contributed by atoms with E-state index < -0.39 is 30.3 Å². The molecule has 1 atom stereocenters. The predicted octanol–water partition coefficient (Wildman–Crippen LogP) is 1.92. The van der Waals surface area contributed by atoms with Crippen LogP contribution in [-0.2, 0) is 24.8 Å². The monoisotopic (exact) mass is 344 g/mol. The third kappa shape index (κ3) is 3.20. The van der Waals surface area contributed by atoms with Crippen molar-refractivity contribution in [2.75, 3.05) is 13.2 Å². The molecule has 0 aliphatic carbocycles. The summed E-state index contributed by atoms with van der Waals surface area (Å²) in [4.78, 5) is 3.95. The van der Waals surface area contributed by atoms with Crippen LogP contribution in [0.15, 0.2) is 39.0 Å². The van der Waals surface area contributed by atoms with Crippen molar-refractivity contribution in [2.45, 2.75) is 16.8 Å². The van der Waals surface area contributed by atoms with Gasteiger partial charge in [-0.25, -0.2) is 4.21 Å². The first-order valence-corrected chi connectivity index (χ1v) is 8.63. The molecule has 1 unspecified atom stereocenters. The van der Waals surface area contributed by atoms with E-state index in [9.17, 15) is 25.8 Å². The van der Waals surface area contributed by atoms with Gasteiger partial charge in [-0.3, -0.25) is 4.84 Å². The van der Waals surface area contributed by atoms with Gasteiger partial charge in [0.2, 0.25) is 0 Å². The Hall–Kier alpha value is -1.17. The summed E-state index contributed by atoms with van der Waals surface area (Å²) >= 11 is 0. The van der Waals surface area contributed by atoms with Gasteiger partial charge >= 0.3 is 15.7 Å². The van der Waals surface area contributed by atoms with Crippen molar-refractivity contribution in [1.29, 1.82) is 0 Å². The lowest BCUT2D eigenvalue weighted by molar-refractivity contribution is -0.0406. The standard InChI is InChI=1S/C10H11F3N2O4S2/c11-10(12,13)20(16,9-5-2-1-3-6-9)14-21(17,18)15-7-4-8-19-15/h1-3,5-6H,4,7-8H2. The zero-order valence-corrected chi connectivity index (χ0v) is 12.1. The van der Waals surface area contributed by atoms with E-state index in [1.807, 2.05) is 0 Å². The zero-order valence-electron chi connectivity index (χ0n) is 10.5. The SMILES string of the molecule is O=S(=O)(N=S(=O)(c1ccccc1)C(F)(F)F)N1CCCO1. The lowest BCUT2D eigenvalue weighted by atomic mass is 10.4. The maximum Gasteiger partial charge on any atom is 0.484 e. The Morgan fingerprint density at radius 1 is 1.14 bits per heavy atom. The van der Waals surface area contributed by atoms with Crippen molar-refractivity contribution in [2.24, 2.45) is 3.77 Å². The summed E-state index contributed by atoms with van der Waals surface area (Å²) in [5.41, 5.74) is -5.33. The lowest BCUT2D eigenvalue weighted by Crippen LogP contribution is -2.30. The Balaban J connectivity index is 2.62. The van der Waals surface area contributed by atoms with Crippen LogP contribution < -0.4 is 0 Å². The highest BCUT2D eigenvalue weighted by Crippen LogP contribution is 2.34. The van der Waals surface area contributed by atoms with E-state index in [0.717, 1.165) is 12.1 Å². The van der Waals surface area contributed by atoms with Gasteiger partial charge in [0.1, 0.15) is 0 Å². The van der Waals surface area contributed by atoms with Crippen LogP contribution in [0.25, 0.3) is 0 Å². The molecule has 1 aromatic carbocycles. The average molecular weight is 344 g/mol. The second-order valence-corrected chi connectivity index (χ2v) is 7.94. The molecular weight excluding hydrogens is 333 g/mol. The first-order valence-electron chi connectivity index (χ1n) is 5.72. The summed E-state index contributed by atoms with van der Waals surface area (Å²) in [5, 5.41) is 0. The van der Waals surface area contributed by atoms with Crippen molar-refractivity contribution in [1.82, 2.24) is 4.47 Å². The molecule has 11 heteroatoms. The van der Waals surface area contributed by atoms with Gasteiger partial charge in [0.15, 0.2) is 9.73 Å². The second kappa shape index (κ2) is 5.55. The first kappa shape index (κ1) is 16.2. The van der Waals surface area contributed by atoms with E-state index in [0.29, 0.717) is 10.9 Å². The molecule has 118 valence electrons. The van der Waals surface area contributed by atoms with Crippen LogP contribution in [0.1, 0.15) is 6.42 Å². The Bertz CT molecular complexity index is 718. The summed E-state index contributed by atoms with van der Waals surface area (Å²) in [6.45, 7) is -0.0820. The van der Waals surface area contributed by atoms with Crippen LogP contribution in [0, 0.1) is 0 Å². The molecule has 0 saturated carbocycles. The number of nitrogens with zero attached hydrogens (tertiary/aromatic N) is 2. The molecule has 0 bridgehead atoms. The third-order valence-electron chi connectivity index (χ3n) is 2.55. The number of benzene rings is 1. The van der Waals surface area contributed by atoms with Gasteiger partial charge in [-0.1, -0.05) is 26.4 Å². The van der Waals surface area contributed by atoms with E-state index in [1.54, 1.807) is 0 Å². The molecule has 0 amide bonds.